The van der Waals surface area contributed by atoms with Crippen LogP contribution in [0.3, 0.4) is 0 Å². The van der Waals surface area contributed by atoms with Crippen LogP contribution < -0.4 is 5.32 Å². The van der Waals surface area contributed by atoms with Crippen molar-refractivity contribution >= 4 is 17.7 Å². The van der Waals surface area contributed by atoms with E-state index < -0.39 is 18.7 Å². The molecule has 0 aromatic heterocycles. The molecule has 0 radical (unpaired) electrons. The van der Waals surface area contributed by atoms with E-state index in [1.54, 1.807) is 0 Å². The van der Waals surface area contributed by atoms with E-state index >= 15 is 0 Å². The Hall–Kier alpha value is -2.24. The summed E-state index contributed by atoms with van der Waals surface area (Å²) >= 11 is 0. The zero-order valence-corrected chi connectivity index (χ0v) is 13.5. The third kappa shape index (κ3) is 2.70. The van der Waals surface area contributed by atoms with Crippen molar-refractivity contribution in [1.29, 1.82) is 0 Å². The van der Waals surface area contributed by atoms with Gasteiger partial charge in [0.15, 0.2) is 6.61 Å². The largest absolute Gasteiger partial charge is 0.479 e. The van der Waals surface area contributed by atoms with Gasteiger partial charge in [-0.15, -0.1) is 0 Å². The third-order valence-electron chi connectivity index (χ3n) is 5.37. The number of benzene rings is 1. The second-order valence-corrected chi connectivity index (χ2v) is 6.96. The lowest BCUT2D eigenvalue weighted by Gasteiger charge is -2.43. The first kappa shape index (κ1) is 15.3. The van der Waals surface area contributed by atoms with Gasteiger partial charge in [0.2, 0.25) is 0 Å². The maximum atomic E-state index is 12.6. The van der Waals surface area contributed by atoms with Crippen LogP contribution in [0.1, 0.15) is 43.7 Å². The number of amides is 1. The normalized spacial score (nSPS) is 27.6. The van der Waals surface area contributed by atoms with Gasteiger partial charge >= 0.3 is 12.1 Å². The smallest absolute Gasteiger partial charge is 0.411 e. The second-order valence-electron chi connectivity index (χ2n) is 6.96. The minimum atomic E-state index is -1.12. The van der Waals surface area contributed by atoms with Gasteiger partial charge < -0.3 is 15.2 Å². The molecule has 4 rings (SSSR count). The predicted molar refractivity (Wildman–Crippen MR) is 87.8 cm³/mol. The molecule has 6 heteroatoms. The van der Waals surface area contributed by atoms with Crippen LogP contribution in [-0.2, 0) is 9.53 Å². The Kier molecular flexibility index (Phi) is 3.82. The number of para-hydroxylation sites is 1. The molecule has 2 N–H and O–H groups in total. The first-order chi connectivity index (χ1) is 11.6. The van der Waals surface area contributed by atoms with Crippen LogP contribution in [0.25, 0.3) is 0 Å². The standard InChI is InChI=1S/C18H22N2O4/c21-16(22)10-24-18(23)20(11-8-9-11)17-12-4-1-2-6-14(12)19-15-7-3-5-13(15)17/h1-2,4,6,11,13,15,17,19H,3,5,7-10H2,(H,21,22). The topological polar surface area (TPSA) is 78.9 Å². The summed E-state index contributed by atoms with van der Waals surface area (Å²) in [5.74, 6) is -0.763. The molecular weight excluding hydrogens is 308 g/mol. The van der Waals surface area contributed by atoms with Gasteiger partial charge in [-0.1, -0.05) is 24.6 Å². The van der Waals surface area contributed by atoms with Crippen LogP contribution in [0.5, 0.6) is 0 Å². The Bertz CT molecular complexity index is 658. The van der Waals surface area contributed by atoms with Crippen LogP contribution in [-0.4, -0.2) is 40.8 Å². The van der Waals surface area contributed by atoms with Gasteiger partial charge in [0.1, 0.15) is 0 Å². The molecule has 0 bridgehead atoms. The highest BCUT2D eigenvalue weighted by Gasteiger charge is 2.48. The summed E-state index contributed by atoms with van der Waals surface area (Å²) in [7, 11) is 0. The highest BCUT2D eigenvalue weighted by Crippen LogP contribution is 2.50. The van der Waals surface area contributed by atoms with Gasteiger partial charge in [0.05, 0.1) is 6.04 Å². The Morgan fingerprint density at radius 2 is 2.00 bits per heavy atom. The average Bonchev–Trinajstić information content (AvgIpc) is 3.29. The minimum absolute atomic E-state index is 0.0243. The summed E-state index contributed by atoms with van der Waals surface area (Å²) in [5, 5.41) is 12.4. The number of ether oxygens (including phenoxy) is 1. The van der Waals surface area contributed by atoms with E-state index in [-0.39, 0.29) is 12.1 Å². The van der Waals surface area contributed by atoms with E-state index in [1.165, 1.54) is 0 Å². The van der Waals surface area contributed by atoms with Gasteiger partial charge in [-0.05, 0) is 37.3 Å². The lowest BCUT2D eigenvalue weighted by molar-refractivity contribution is -0.140. The molecule has 0 spiro atoms. The zero-order valence-electron chi connectivity index (χ0n) is 13.5. The molecule has 3 unspecified atom stereocenters. The number of carboxylic acids is 1. The van der Waals surface area contributed by atoms with Crippen molar-refractivity contribution in [3.8, 4) is 0 Å². The fourth-order valence-electron chi connectivity index (χ4n) is 4.26. The van der Waals surface area contributed by atoms with Crippen molar-refractivity contribution < 1.29 is 19.4 Å². The quantitative estimate of drug-likeness (QED) is 0.887. The minimum Gasteiger partial charge on any atom is -0.479 e. The molecule has 6 nitrogen and oxygen atoms in total. The summed E-state index contributed by atoms with van der Waals surface area (Å²) in [6.07, 6.45) is 4.77. The van der Waals surface area contributed by atoms with E-state index in [4.69, 9.17) is 9.84 Å². The molecule has 1 amide bonds. The number of fused-ring (bicyclic) bond motifs is 2. The van der Waals surface area contributed by atoms with Gasteiger partial charge in [-0.3, -0.25) is 4.90 Å². The summed E-state index contributed by atoms with van der Waals surface area (Å²) < 4.78 is 5.05. The van der Waals surface area contributed by atoms with Crippen LogP contribution in [0.2, 0.25) is 0 Å². The molecule has 2 aliphatic carbocycles. The van der Waals surface area contributed by atoms with Gasteiger partial charge in [-0.25, -0.2) is 9.59 Å². The van der Waals surface area contributed by atoms with Crippen molar-refractivity contribution in [2.24, 2.45) is 5.92 Å². The number of anilines is 1. The lowest BCUT2D eigenvalue weighted by Crippen LogP contribution is -2.46. The van der Waals surface area contributed by atoms with E-state index in [1.807, 2.05) is 17.0 Å². The summed E-state index contributed by atoms with van der Waals surface area (Å²) in [4.78, 5) is 25.2. The number of hydrogen-bond donors (Lipinski definition) is 2. The molecule has 1 heterocycles. The average molecular weight is 330 g/mol. The molecule has 1 aliphatic heterocycles. The molecule has 1 aromatic rings. The molecule has 2 saturated carbocycles. The maximum Gasteiger partial charge on any atom is 0.411 e. The molecule has 128 valence electrons. The Morgan fingerprint density at radius 3 is 2.75 bits per heavy atom. The molecule has 0 saturated heterocycles. The zero-order chi connectivity index (χ0) is 16.7. The second kappa shape index (κ2) is 6.00. The number of carbonyl (C=O) groups is 2. The number of carboxylic acid groups (broad SMARTS) is 1. The Balaban J connectivity index is 1.67. The van der Waals surface area contributed by atoms with Crippen molar-refractivity contribution in [1.82, 2.24) is 4.90 Å². The third-order valence-corrected chi connectivity index (χ3v) is 5.37. The summed E-state index contributed by atoms with van der Waals surface area (Å²) in [6, 6.07) is 8.65. The molecule has 3 aliphatic rings. The van der Waals surface area contributed by atoms with E-state index in [2.05, 4.69) is 17.4 Å². The lowest BCUT2D eigenvalue weighted by atomic mass is 9.83. The van der Waals surface area contributed by atoms with E-state index in [0.717, 1.165) is 43.4 Å². The highest BCUT2D eigenvalue weighted by atomic mass is 16.6. The molecule has 3 atom stereocenters. The Morgan fingerprint density at radius 1 is 1.21 bits per heavy atom. The fraction of sp³-hybridized carbons (Fsp3) is 0.556. The number of rotatable bonds is 4. The number of nitrogens with one attached hydrogen (secondary N) is 1. The van der Waals surface area contributed by atoms with Gasteiger partial charge in [0, 0.05) is 23.7 Å². The maximum absolute atomic E-state index is 12.6. The first-order valence-electron chi connectivity index (χ1n) is 8.67. The Labute approximate surface area is 140 Å². The van der Waals surface area contributed by atoms with Crippen molar-refractivity contribution in [2.75, 3.05) is 11.9 Å². The van der Waals surface area contributed by atoms with Crippen molar-refractivity contribution in [3.63, 3.8) is 0 Å². The number of aliphatic carboxylic acids is 1. The number of nitrogens with zero attached hydrogens (tertiary/aromatic N) is 1. The SMILES string of the molecule is O=C(O)COC(=O)N(C1CC1)C1c2ccccc2NC2CCCC21. The highest BCUT2D eigenvalue weighted by molar-refractivity contribution is 5.75. The molecular formula is C18H22N2O4. The van der Waals surface area contributed by atoms with Crippen molar-refractivity contribution in [2.45, 2.75) is 50.2 Å². The fourth-order valence-corrected chi connectivity index (χ4v) is 4.26. The van der Waals surface area contributed by atoms with Gasteiger partial charge in [0.25, 0.3) is 0 Å². The number of hydrogen-bond acceptors (Lipinski definition) is 4. The monoisotopic (exact) mass is 330 g/mol. The molecule has 2 fully saturated rings. The summed E-state index contributed by atoms with van der Waals surface area (Å²) in [6.45, 7) is -0.581. The van der Waals surface area contributed by atoms with Crippen LogP contribution in [0, 0.1) is 5.92 Å². The molecule has 24 heavy (non-hydrogen) atoms. The van der Waals surface area contributed by atoms with Crippen LogP contribution >= 0.6 is 0 Å². The van der Waals surface area contributed by atoms with Crippen molar-refractivity contribution in [3.05, 3.63) is 29.8 Å². The van der Waals surface area contributed by atoms with Crippen LogP contribution in [0.4, 0.5) is 10.5 Å². The molecule has 1 aromatic carbocycles. The van der Waals surface area contributed by atoms with E-state index in [9.17, 15) is 9.59 Å². The van der Waals surface area contributed by atoms with Crippen LogP contribution in [0.15, 0.2) is 24.3 Å². The summed E-state index contributed by atoms with van der Waals surface area (Å²) in [5.41, 5.74) is 2.21. The van der Waals surface area contributed by atoms with Gasteiger partial charge in [-0.2, -0.15) is 0 Å². The first-order valence-corrected chi connectivity index (χ1v) is 8.67. The number of carbonyl (C=O) groups excluding carboxylic acids is 1. The van der Waals surface area contributed by atoms with E-state index in [0.29, 0.717) is 12.0 Å². The predicted octanol–water partition coefficient (Wildman–Crippen LogP) is 3.01.